The van der Waals surface area contributed by atoms with Crippen LogP contribution in [0.5, 0.6) is 0 Å². The number of hydrogen-bond donors (Lipinski definition) is 0. The van der Waals surface area contributed by atoms with Crippen LogP contribution in [0.4, 0.5) is 0 Å². The summed E-state index contributed by atoms with van der Waals surface area (Å²) in [6.45, 7) is 6.94. The molecule has 0 aromatic carbocycles. The Labute approximate surface area is 112 Å². The van der Waals surface area contributed by atoms with Crippen molar-refractivity contribution in [2.24, 2.45) is 19.5 Å². The van der Waals surface area contributed by atoms with Crippen LogP contribution in [0.3, 0.4) is 0 Å². The van der Waals surface area contributed by atoms with Crippen molar-refractivity contribution >= 4 is 11.2 Å². The molecule has 0 amide bonds. The molecule has 0 unspecified atom stereocenters. The van der Waals surface area contributed by atoms with Crippen LogP contribution in [0.1, 0.15) is 28.2 Å². The fourth-order valence-electron chi connectivity index (χ4n) is 2.03. The van der Waals surface area contributed by atoms with Gasteiger partial charge in [-0.2, -0.15) is 0 Å². The monoisotopic (exact) mass is 266 g/mol. The van der Waals surface area contributed by atoms with E-state index in [0.717, 1.165) is 4.57 Å². The molecule has 0 aliphatic heterocycles. The smallest absolute Gasteiger partial charge is 0.324 e. The van der Waals surface area contributed by atoms with Gasteiger partial charge < -0.3 is 4.57 Å². The van der Waals surface area contributed by atoms with Gasteiger partial charge in [0.25, 0.3) is 5.56 Å². The highest BCUT2D eigenvalue weighted by atomic mass is 16.2. The summed E-state index contributed by atoms with van der Waals surface area (Å²) in [7, 11) is 3.11. The molecule has 0 fully saturated rings. The molecule has 2 aromatic rings. The molecular formula is C13H22N4O2. The lowest BCUT2D eigenvalue weighted by Crippen LogP contribution is -2.37. The fraction of sp³-hybridized carbons (Fsp3) is 0.615. The molecular weight excluding hydrogens is 244 g/mol. The zero-order valence-corrected chi connectivity index (χ0v) is 11.4. The number of aryl methyl sites for hydroxylation is 1. The van der Waals surface area contributed by atoms with Crippen LogP contribution in [0.15, 0.2) is 15.9 Å². The Balaban J connectivity index is 0.00000180. The number of imidazole rings is 1. The Bertz CT molecular complexity index is 713. The largest absolute Gasteiger partial charge is 0.332 e. The van der Waals surface area contributed by atoms with Gasteiger partial charge in [-0.3, -0.25) is 13.9 Å². The summed E-state index contributed by atoms with van der Waals surface area (Å²) in [5.41, 5.74) is 0.304. The van der Waals surface area contributed by atoms with Gasteiger partial charge in [-0.15, -0.1) is 0 Å². The Morgan fingerprint density at radius 1 is 1.16 bits per heavy atom. The summed E-state index contributed by atoms with van der Waals surface area (Å²) in [6.07, 6.45) is 1.62. The molecule has 0 saturated carbocycles. The topological polar surface area (TPSA) is 61.8 Å². The molecule has 0 N–H and O–H groups in total. The first kappa shape index (κ1) is 15.2. The highest BCUT2D eigenvalue weighted by molar-refractivity contribution is 5.69. The van der Waals surface area contributed by atoms with Crippen molar-refractivity contribution in [3.8, 4) is 0 Å². The van der Waals surface area contributed by atoms with Crippen LogP contribution in [-0.2, 0) is 20.6 Å². The standard InChI is InChI=1S/C12H18N4O2.CH4/c1-12(2,3)6-16-7-13-9-8(16)10(17)15(5)11(18)14(9)4;/h7H,6H2,1-5H3;1H4. The third-order valence-corrected chi connectivity index (χ3v) is 2.86. The molecule has 0 saturated heterocycles. The SMILES string of the molecule is C.Cn1c(=O)c2c(ncn2CC(C)(C)C)n(C)c1=O. The van der Waals surface area contributed by atoms with E-state index in [2.05, 4.69) is 25.8 Å². The normalized spacial score (nSPS) is 11.6. The Hall–Kier alpha value is -1.85. The Morgan fingerprint density at radius 2 is 1.74 bits per heavy atom. The lowest BCUT2D eigenvalue weighted by atomic mass is 9.97. The lowest BCUT2D eigenvalue weighted by molar-refractivity contribution is 0.348. The number of fused-ring (bicyclic) bond motifs is 1. The van der Waals surface area contributed by atoms with E-state index in [1.54, 1.807) is 13.4 Å². The molecule has 6 heteroatoms. The van der Waals surface area contributed by atoms with Crippen LogP contribution in [-0.4, -0.2) is 18.7 Å². The van der Waals surface area contributed by atoms with E-state index in [9.17, 15) is 9.59 Å². The van der Waals surface area contributed by atoms with Crippen molar-refractivity contribution in [2.45, 2.75) is 34.7 Å². The zero-order chi connectivity index (χ0) is 13.7. The van der Waals surface area contributed by atoms with Gasteiger partial charge in [-0.05, 0) is 5.41 Å². The van der Waals surface area contributed by atoms with Gasteiger partial charge in [-0.25, -0.2) is 9.78 Å². The molecule has 0 spiro atoms. The fourth-order valence-corrected chi connectivity index (χ4v) is 2.03. The van der Waals surface area contributed by atoms with Crippen molar-refractivity contribution in [3.63, 3.8) is 0 Å². The minimum absolute atomic E-state index is 0. The molecule has 19 heavy (non-hydrogen) atoms. The number of hydrogen-bond acceptors (Lipinski definition) is 3. The van der Waals surface area contributed by atoms with E-state index in [4.69, 9.17) is 0 Å². The maximum absolute atomic E-state index is 12.2. The minimum Gasteiger partial charge on any atom is -0.324 e. The van der Waals surface area contributed by atoms with E-state index < -0.39 is 0 Å². The maximum Gasteiger partial charge on any atom is 0.332 e. The lowest BCUT2D eigenvalue weighted by Gasteiger charge is -2.19. The summed E-state index contributed by atoms with van der Waals surface area (Å²) in [6, 6.07) is 0. The van der Waals surface area contributed by atoms with Crippen molar-refractivity contribution in [3.05, 3.63) is 27.2 Å². The summed E-state index contributed by atoms with van der Waals surface area (Å²) in [4.78, 5) is 28.1. The van der Waals surface area contributed by atoms with Crippen molar-refractivity contribution in [2.75, 3.05) is 0 Å². The van der Waals surface area contributed by atoms with Crippen molar-refractivity contribution < 1.29 is 0 Å². The molecule has 106 valence electrons. The van der Waals surface area contributed by atoms with Crippen LogP contribution >= 0.6 is 0 Å². The van der Waals surface area contributed by atoms with Gasteiger partial charge in [-0.1, -0.05) is 28.2 Å². The second-order valence-electron chi connectivity index (χ2n) is 5.81. The summed E-state index contributed by atoms with van der Waals surface area (Å²) in [5.74, 6) is 0. The van der Waals surface area contributed by atoms with E-state index in [0.29, 0.717) is 17.7 Å². The summed E-state index contributed by atoms with van der Waals surface area (Å²) >= 11 is 0. The van der Waals surface area contributed by atoms with Gasteiger partial charge in [0.1, 0.15) is 0 Å². The highest BCUT2D eigenvalue weighted by Crippen LogP contribution is 2.18. The van der Waals surface area contributed by atoms with E-state index in [-0.39, 0.29) is 24.1 Å². The second-order valence-corrected chi connectivity index (χ2v) is 5.81. The third-order valence-electron chi connectivity index (χ3n) is 2.86. The molecule has 0 bridgehead atoms. The first-order valence-corrected chi connectivity index (χ1v) is 5.83. The first-order chi connectivity index (χ1) is 8.22. The predicted octanol–water partition coefficient (Wildman–Crippen LogP) is 1.12. The molecule has 0 aliphatic rings. The molecule has 6 nitrogen and oxygen atoms in total. The average Bonchev–Trinajstić information content (AvgIpc) is 2.65. The predicted molar refractivity (Wildman–Crippen MR) is 76.4 cm³/mol. The Morgan fingerprint density at radius 3 is 2.26 bits per heavy atom. The van der Waals surface area contributed by atoms with Crippen LogP contribution in [0.25, 0.3) is 11.2 Å². The molecule has 0 atom stereocenters. The van der Waals surface area contributed by atoms with Gasteiger partial charge in [0, 0.05) is 20.6 Å². The quantitative estimate of drug-likeness (QED) is 0.777. The van der Waals surface area contributed by atoms with Gasteiger partial charge in [0.15, 0.2) is 11.2 Å². The van der Waals surface area contributed by atoms with Crippen LogP contribution in [0.2, 0.25) is 0 Å². The summed E-state index contributed by atoms with van der Waals surface area (Å²) in [5, 5.41) is 0. The van der Waals surface area contributed by atoms with E-state index in [1.807, 2.05) is 4.57 Å². The maximum atomic E-state index is 12.2. The van der Waals surface area contributed by atoms with Crippen molar-refractivity contribution in [1.82, 2.24) is 18.7 Å². The minimum atomic E-state index is -0.353. The second kappa shape index (κ2) is 4.68. The van der Waals surface area contributed by atoms with Gasteiger partial charge >= 0.3 is 5.69 Å². The molecule has 2 heterocycles. The number of nitrogens with zero attached hydrogens (tertiary/aromatic N) is 4. The zero-order valence-electron chi connectivity index (χ0n) is 11.4. The number of rotatable bonds is 1. The molecule has 2 aromatic heterocycles. The first-order valence-electron chi connectivity index (χ1n) is 5.83. The van der Waals surface area contributed by atoms with Gasteiger partial charge in [0.05, 0.1) is 6.33 Å². The average molecular weight is 266 g/mol. The highest BCUT2D eigenvalue weighted by Gasteiger charge is 2.18. The van der Waals surface area contributed by atoms with E-state index >= 15 is 0 Å². The van der Waals surface area contributed by atoms with Crippen LogP contribution in [0, 0.1) is 5.41 Å². The molecule has 0 aliphatic carbocycles. The van der Waals surface area contributed by atoms with Gasteiger partial charge in [0.2, 0.25) is 0 Å². The van der Waals surface area contributed by atoms with Crippen molar-refractivity contribution in [1.29, 1.82) is 0 Å². The summed E-state index contributed by atoms with van der Waals surface area (Å²) < 4.78 is 4.33. The molecule has 2 rings (SSSR count). The number of aromatic nitrogens is 4. The van der Waals surface area contributed by atoms with E-state index in [1.165, 1.54) is 11.6 Å². The van der Waals surface area contributed by atoms with Crippen LogP contribution < -0.4 is 11.2 Å². The third kappa shape index (κ3) is 2.47. The molecule has 0 radical (unpaired) electrons. The Kier molecular flexibility index (Phi) is 3.74.